The number of fused-ring (bicyclic) bond motifs is 2. The second kappa shape index (κ2) is 6.68. The Balaban J connectivity index is 1.66. The third-order valence-electron chi connectivity index (χ3n) is 10.5. The molecule has 0 aromatic heterocycles. The highest BCUT2D eigenvalue weighted by Crippen LogP contribution is 2.66. The van der Waals surface area contributed by atoms with E-state index < -0.39 is 8.07 Å². The SMILES string of the molecule is C[C@@H]1[C@@H]2CCCCC2C([Si](C)(C)C2C3CCCC[C@H]3[C@@H](C)[C@H]2C)[C@@H]1C. The monoisotopic (exact) mass is 360 g/mol. The molecule has 0 aromatic carbocycles. The number of hydrogen-bond acceptors (Lipinski definition) is 0. The van der Waals surface area contributed by atoms with Gasteiger partial charge in [-0.2, -0.15) is 0 Å². The molecule has 0 nitrogen and oxygen atoms in total. The van der Waals surface area contributed by atoms with E-state index in [-0.39, 0.29) is 0 Å². The first kappa shape index (κ1) is 18.6. The molecule has 0 aromatic rings. The van der Waals surface area contributed by atoms with E-state index in [0.29, 0.717) is 0 Å². The van der Waals surface area contributed by atoms with Crippen LogP contribution in [0, 0.1) is 47.3 Å². The van der Waals surface area contributed by atoms with Gasteiger partial charge in [-0.15, -0.1) is 0 Å². The second-order valence-electron chi connectivity index (χ2n) is 11.5. The van der Waals surface area contributed by atoms with Crippen LogP contribution >= 0.6 is 0 Å². The summed E-state index contributed by atoms with van der Waals surface area (Å²) in [4.78, 5) is 0. The molecule has 0 aliphatic heterocycles. The average Bonchev–Trinajstić information content (AvgIpc) is 3.01. The van der Waals surface area contributed by atoms with E-state index in [2.05, 4.69) is 40.8 Å². The molecule has 0 radical (unpaired) electrons. The zero-order valence-electron chi connectivity index (χ0n) is 17.9. The van der Waals surface area contributed by atoms with Crippen LogP contribution in [0.15, 0.2) is 0 Å². The second-order valence-corrected chi connectivity index (χ2v) is 16.5. The largest absolute Gasteiger partial charge is 0.0689 e. The van der Waals surface area contributed by atoms with Crippen LogP contribution in [0.3, 0.4) is 0 Å². The van der Waals surface area contributed by atoms with Gasteiger partial charge in [0, 0.05) is 0 Å². The van der Waals surface area contributed by atoms with Crippen LogP contribution < -0.4 is 0 Å². The molecular weight excluding hydrogens is 316 g/mol. The summed E-state index contributed by atoms with van der Waals surface area (Å²) in [6.07, 6.45) is 12.4. The Labute approximate surface area is 158 Å². The molecule has 0 bridgehead atoms. The van der Waals surface area contributed by atoms with E-state index in [0.717, 1.165) is 58.4 Å². The van der Waals surface area contributed by atoms with Gasteiger partial charge in [-0.3, -0.25) is 0 Å². The van der Waals surface area contributed by atoms with Gasteiger partial charge >= 0.3 is 0 Å². The molecule has 0 heterocycles. The van der Waals surface area contributed by atoms with Crippen molar-refractivity contribution in [2.45, 2.75) is 103 Å². The van der Waals surface area contributed by atoms with E-state index in [9.17, 15) is 0 Å². The molecular formula is C24H44Si. The van der Waals surface area contributed by atoms with Gasteiger partial charge in [0.25, 0.3) is 0 Å². The van der Waals surface area contributed by atoms with Crippen molar-refractivity contribution >= 4 is 8.07 Å². The Morgan fingerprint density at radius 3 is 1.16 bits per heavy atom. The molecule has 4 rings (SSSR count). The lowest BCUT2D eigenvalue weighted by Gasteiger charge is -2.47. The normalized spacial score (nSPS) is 53.5. The van der Waals surface area contributed by atoms with Crippen LogP contribution in [0.2, 0.25) is 24.2 Å². The molecule has 4 unspecified atom stereocenters. The maximum atomic E-state index is 2.86. The lowest BCUT2D eigenvalue weighted by molar-refractivity contribution is 0.227. The van der Waals surface area contributed by atoms with Crippen LogP contribution in [0.4, 0.5) is 0 Å². The van der Waals surface area contributed by atoms with Crippen LogP contribution in [-0.4, -0.2) is 8.07 Å². The lowest BCUT2D eigenvalue weighted by Crippen LogP contribution is -2.46. The van der Waals surface area contributed by atoms with Gasteiger partial charge in [-0.1, -0.05) is 79.3 Å². The molecule has 10 atom stereocenters. The van der Waals surface area contributed by atoms with Crippen molar-refractivity contribution in [3.05, 3.63) is 0 Å². The highest BCUT2D eigenvalue weighted by atomic mass is 28.3. The summed E-state index contributed by atoms with van der Waals surface area (Å²) in [5.41, 5.74) is 2.24. The van der Waals surface area contributed by atoms with E-state index >= 15 is 0 Å². The van der Waals surface area contributed by atoms with Crippen molar-refractivity contribution < 1.29 is 0 Å². The maximum absolute atomic E-state index is 2.86. The minimum Gasteiger partial charge on any atom is -0.0689 e. The van der Waals surface area contributed by atoms with Crippen LogP contribution in [0.1, 0.15) is 79.1 Å². The first-order chi connectivity index (χ1) is 11.9. The lowest BCUT2D eigenvalue weighted by atomic mass is 9.78. The summed E-state index contributed by atoms with van der Waals surface area (Å²) < 4.78 is 0. The van der Waals surface area contributed by atoms with Gasteiger partial charge in [-0.25, -0.2) is 0 Å². The Kier molecular flexibility index (Phi) is 4.96. The topological polar surface area (TPSA) is 0 Å². The molecule has 4 aliphatic carbocycles. The Morgan fingerprint density at radius 1 is 0.480 bits per heavy atom. The van der Waals surface area contributed by atoms with Crippen LogP contribution in [-0.2, 0) is 0 Å². The average molecular weight is 361 g/mol. The van der Waals surface area contributed by atoms with Gasteiger partial charge in [0.05, 0.1) is 8.07 Å². The molecule has 0 amide bonds. The minimum absolute atomic E-state index is 0.998. The maximum Gasteiger partial charge on any atom is 0.0547 e. The molecule has 4 saturated carbocycles. The van der Waals surface area contributed by atoms with Crippen molar-refractivity contribution in [2.75, 3.05) is 0 Å². The Bertz CT molecular complexity index is 440. The van der Waals surface area contributed by atoms with Crippen LogP contribution in [0.25, 0.3) is 0 Å². The zero-order chi connectivity index (χ0) is 17.9. The predicted molar refractivity (Wildman–Crippen MR) is 113 cm³/mol. The summed E-state index contributed by atoms with van der Waals surface area (Å²) >= 11 is 0. The fourth-order valence-electron chi connectivity index (χ4n) is 9.47. The van der Waals surface area contributed by atoms with Crippen LogP contribution in [0.5, 0.6) is 0 Å². The molecule has 4 aliphatic rings. The first-order valence-electron chi connectivity index (χ1n) is 11.9. The van der Waals surface area contributed by atoms with Crippen molar-refractivity contribution in [1.29, 1.82) is 0 Å². The van der Waals surface area contributed by atoms with E-state index in [1.165, 1.54) is 25.7 Å². The highest BCUT2D eigenvalue weighted by Gasteiger charge is 2.60. The van der Waals surface area contributed by atoms with Gasteiger partial charge in [0.2, 0.25) is 0 Å². The standard InChI is InChI=1S/C24H44Si/c1-15-17(3)23(21-13-9-7-11-19(15)21)25(5,6)24-18(4)16(2)20-12-8-10-14-22(20)24/h15-24H,7-14H2,1-6H3/t15-,16-,17+,18+,19-,20-,21?,22?,23?,24?/m0/s1. The van der Waals surface area contributed by atoms with Crippen molar-refractivity contribution in [1.82, 2.24) is 0 Å². The van der Waals surface area contributed by atoms with Crippen molar-refractivity contribution in [2.24, 2.45) is 47.3 Å². The fourth-order valence-corrected chi connectivity index (χ4v) is 16.3. The minimum atomic E-state index is -1.26. The number of hydrogen-bond donors (Lipinski definition) is 0. The third kappa shape index (κ3) is 2.73. The third-order valence-corrected chi connectivity index (χ3v) is 15.9. The Morgan fingerprint density at radius 2 is 0.800 bits per heavy atom. The van der Waals surface area contributed by atoms with E-state index in [1.807, 2.05) is 0 Å². The van der Waals surface area contributed by atoms with E-state index in [1.54, 1.807) is 25.7 Å². The molecule has 25 heavy (non-hydrogen) atoms. The molecule has 0 spiro atoms. The van der Waals surface area contributed by atoms with Crippen molar-refractivity contribution in [3.63, 3.8) is 0 Å². The smallest absolute Gasteiger partial charge is 0.0547 e. The highest BCUT2D eigenvalue weighted by molar-refractivity contribution is 6.80. The molecule has 0 saturated heterocycles. The predicted octanol–water partition coefficient (Wildman–Crippen LogP) is 7.62. The summed E-state index contributed by atoms with van der Waals surface area (Å²) in [5, 5.41) is 0. The van der Waals surface area contributed by atoms with Crippen molar-refractivity contribution in [3.8, 4) is 0 Å². The molecule has 1 heteroatoms. The number of rotatable bonds is 2. The first-order valence-corrected chi connectivity index (χ1v) is 15.0. The zero-order valence-corrected chi connectivity index (χ0v) is 18.9. The van der Waals surface area contributed by atoms with Gasteiger partial charge in [0.15, 0.2) is 0 Å². The van der Waals surface area contributed by atoms with E-state index in [4.69, 9.17) is 0 Å². The summed E-state index contributed by atoms with van der Waals surface area (Å²) in [6, 6.07) is 0. The Hall–Kier alpha value is 0.217. The molecule has 4 fully saturated rings. The summed E-state index contributed by atoms with van der Waals surface area (Å²) in [5.74, 6) is 8.36. The summed E-state index contributed by atoms with van der Waals surface area (Å²) in [7, 11) is -1.26. The van der Waals surface area contributed by atoms with Gasteiger partial charge in [0.1, 0.15) is 0 Å². The fraction of sp³-hybridized carbons (Fsp3) is 1.00. The quantitative estimate of drug-likeness (QED) is 0.444. The van der Waals surface area contributed by atoms with Gasteiger partial charge < -0.3 is 0 Å². The molecule has 144 valence electrons. The molecule has 0 N–H and O–H groups in total. The van der Waals surface area contributed by atoms with Gasteiger partial charge in [-0.05, 0) is 71.3 Å². The summed E-state index contributed by atoms with van der Waals surface area (Å²) in [6.45, 7) is 16.3.